The first kappa shape index (κ1) is 23.9. The van der Waals surface area contributed by atoms with Crippen molar-refractivity contribution in [3.8, 4) is 0 Å². The van der Waals surface area contributed by atoms with Crippen LogP contribution in [-0.2, 0) is 26.1 Å². The summed E-state index contributed by atoms with van der Waals surface area (Å²) in [5.41, 5.74) is 7.61. The lowest BCUT2D eigenvalue weighted by molar-refractivity contribution is -0.130. The lowest BCUT2D eigenvalue weighted by Crippen LogP contribution is -2.44. The SMILES string of the molecule is Cc1cc([C@H](OCC2CC2)C(N)=O)c(F)cc1CN1[C@@H](C)CC[C@H](c2ccccc2)S1(=O)=O. The summed E-state index contributed by atoms with van der Waals surface area (Å²) >= 11 is 0. The Morgan fingerprint density at radius 2 is 1.88 bits per heavy atom. The van der Waals surface area contributed by atoms with Gasteiger partial charge < -0.3 is 10.5 Å². The number of hydrogen-bond donors (Lipinski definition) is 1. The van der Waals surface area contributed by atoms with Crippen LogP contribution < -0.4 is 5.73 Å². The molecule has 0 unspecified atom stereocenters. The smallest absolute Gasteiger partial charge is 0.251 e. The van der Waals surface area contributed by atoms with Gasteiger partial charge in [-0.05, 0) is 74.3 Å². The molecular formula is C25H31FN2O4S. The summed E-state index contributed by atoms with van der Waals surface area (Å²) in [4.78, 5) is 11.9. The van der Waals surface area contributed by atoms with Gasteiger partial charge in [0.05, 0.1) is 6.61 Å². The summed E-state index contributed by atoms with van der Waals surface area (Å²) in [6, 6.07) is 11.9. The fourth-order valence-electron chi connectivity index (χ4n) is 4.48. The topological polar surface area (TPSA) is 89.7 Å². The van der Waals surface area contributed by atoms with Crippen molar-refractivity contribution in [2.75, 3.05) is 6.61 Å². The number of amides is 1. The molecule has 4 rings (SSSR count). The minimum Gasteiger partial charge on any atom is -0.367 e. The Morgan fingerprint density at radius 1 is 1.18 bits per heavy atom. The largest absolute Gasteiger partial charge is 0.367 e. The molecule has 0 aromatic heterocycles. The van der Waals surface area contributed by atoms with Crippen LogP contribution in [0.3, 0.4) is 0 Å². The van der Waals surface area contributed by atoms with Crippen molar-refractivity contribution in [3.05, 3.63) is 70.5 Å². The van der Waals surface area contributed by atoms with E-state index in [1.165, 1.54) is 10.4 Å². The predicted octanol–water partition coefficient (Wildman–Crippen LogP) is 4.14. The highest BCUT2D eigenvalue weighted by molar-refractivity contribution is 7.89. The van der Waals surface area contributed by atoms with E-state index in [2.05, 4.69) is 0 Å². The maximum atomic E-state index is 15.1. The molecule has 178 valence electrons. The molecule has 33 heavy (non-hydrogen) atoms. The van der Waals surface area contributed by atoms with Crippen molar-refractivity contribution >= 4 is 15.9 Å². The monoisotopic (exact) mass is 474 g/mol. The Hall–Kier alpha value is -2.29. The van der Waals surface area contributed by atoms with Gasteiger partial charge in [-0.3, -0.25) is 4.79 Å². The Kier molecular flexibility index (Phi) is 6.88. The number of carbonyl (C=O) groups excluding carboxylic acids is 1. The molecule has 1 saturated carbocycles. The molecule has 1 heterocycles. The van der Waals surface area contributed by atoms with Crippen LogP contribution in [0.5, 0.6) is 0 Å². The Balaban J connectivity index is 1.59. The average Bonchev–Trinajstić information content (AvgIpc) is 3.59. The number of sulfonamides is 1. The molecule has 8 heteroatoms. The van der Waals surface area contributed by atoms with Gasteiger partial charge in [0.25, 0.3) is 5.91 Å². The molecule has 1 aliphatic carbocycles. The summed E-state index contributed by atoms with van der Waals surface area (Å²) in [6.07, 6.45) is 2.20. The molecule has 1 aliphatic heterocycles. The second-order valence-corrected chi connectivity index (χ2v) is 11.3. The molecule has 2 fully saturated rings. The first-order chi connectivity index (χ1) is 15.7. The quantitative estimate of drug-likeness (QED) is 0.623. The Morgan fingerprint density at radius 3 is 2.52 bits per heavy atom. The van der Waals surface area contributed by atoms with Crippen molar-refractivity contribution in [2.45, 2.75) is 63.5 Å². The highest BCUT2D eigenvalue weighted by Crippen LogP contribution is 2.39. The minimum absolute atomic E-state index is 0.0695. The summed E-state index contributed by atoms with van der Waals surface area (Å²) in [5, 5.41) is -0.616. The zero-order valence-corrected chi connectivity index (χ0v) is 19.9. The van der Waals surface area contributed by atoms with Gasteiger partial charge in [0.2, 0.25) is 10.0 Å². The maximum absolute atomic E-state index is 15.1. The molecule has 2 aliphatic rings. The molecule has 6 nitrogen and oxygen atoms in total. The average molecular weight is 475 g/mol. The molecule has 2 N–H and O–H groups in total. The molecule has 0 radical (unpaired) electrons. The second kappa shape index (κ2) is 9.52. The molecule has 3 atom stereocenters. The van der Waals surface area contributed by atoms with Gasteiger partial charge >= 0.3 is 0 Å². The third-order valence-electron chi connectivity index (χ3n) is 6.71. The van der Waals surface area contributed by atoms with Gasteiger partial charge in [-0.2, -0.15) is 4.31 Å². The van der Waals surface area contributed by atoms with Crippen molar-refractivity contribution < 1.29 is 22.3 Å². The van der Waals surface area contributed by atoms with Crippen LogP contribution in [0.4, 0.5) is 4.39 Å². The number of hydrogen-bond acceptors (Lipinski definition) is 4. The molecular weight excluding hydrogens is 443 g/mol. The van der Waals surface area contributed by atoms with Crippen molar-refractivity contribution in [2.24, 2.45) is 11.7 Å². The van der Waals surface area contributed by atoms with Gasteiger partial charge in [-0.25, -0.2) is 12.8 Å². The van der Waals surface area contributed by atoms with Gasteiger partial charge in [-0.1, -0.05) is 30.3 Å². The number of halogens is 1. The molecule has 1 saturated heterocycles. The maximum Gasteiger partial charge on any atom is 0.251 e. The van der Waals surface area contributed by atoms with Crippen molar-refractivity contribution in [1.29, 1.82) is 0 Å². The van der Waals surface area contributed by atoms with E-state index in [1.54, 1.807) is 13.0 Å². The molecule has 1 amide bonds. The minimum atomic E-state index is -3.63. The van der Waals surface area contributed by atoms with E-state index >= 15 is 4.39 Å². The zero-order chi connectivity index (χ0) is 23.8. The molecule has 2 aromatic carbocycles. The van der Waals surface area contributed by atoms with Crippen LogP contribution in [0.25, 0.3) is 0 Å². The van der Waals surface area contributed by atoms with E-state index in [4.69, 9.17) is 10.5 Å². The van der Waals surface area contributed by atoms with Crippen molar-refractivity contribution in [3.63, 3.8) is 0 Å². The van der Waals surface area contributed by atoms with Gasteiger partial charge in [-0.15, -0.1) is 0 Å². The Bertz CT molecular complexity index is 1120. The number of carbonyl (C=O) groups is 1. The number of rotatable bonds is 8. The van der Waals surface area contributed by atoms with Crippen LogP contribution >= 0.6 is 0 Å². The lowest BCUT2D eigenvalue weighted by Gasteiger charge is -2.37. The van der Waals surface area contributed by atoms with E-state index in [9.17, 15) is 13.2 Å². The number of aryl methyl sites for hydroxylation is 1. The number of primary amides is 1. The predicted molar refractivity (Wildman–Crippen MR) is 124 cm³/mol. The highest BCUT2D eigenvalue weighted by atomic mass is 32.2. The number of nitrogens with two attached hydrogens (primary N) is 1. The van der Waals surface area contributed by atoms with Gasteiger partial charge in [0.1, 0.15) is 11.1 Å². The third kappa shape index (κ3) is 5.13. The lowest BCUT2D eigenvalue weighted by atomic mass is 9.99. The summed E-state index contributed by atoms with van der Waals surface area (Å²) in [6.45, 7) is 4.11. The van der Waals surface area contributed by atoms with E-state index in [1.807, 2.05) is 37.3 Å². The third-order valence-corrected chi connectivity index (χ3v) is 9.08. The van der Waals surface area contributed by atoms with Crippen LogP contribution in [0.15, 0.2) is 42.5 Å². The number of nitrogens with zero attached hydrogens (tertiary/aromatic N) is 1. The summed E-state index contributed by atoms with van der Waals surface area (Å²) in [7, 11) is -3.63. The summed E-state index contributed by atoms with van der Waals surface area (Å²) in [5.74, 6) is -0.949. The molecule has 0 bridgehead atoms. The van der Waals surface area contributed by atoms with Gasteiger partial charge in [0.15, 0.2) is 6.10 Å². The zero-order valence-electron chi connectivity index (χ0n) is 19.0. The van der Waals surface area contributed by atoms with Gasteiger partial charge in [0, 0.05) is 18.2 Å². The highest BCUT2D eigenvalue weighted by Gasteiger charge is 2.40. The standard InChI is InChI=1S/C25H31FN2O4S/c1-16-12-21(24(25(27)29)32-15-18-9-10-18)22(26)13-20(16)14-28-17(2)8-11-23(33(28,30)31)19-6-4-3-5-7-19/h3-7,12-13,17-18,23-24H,8-11,14-15H2,1-2H3,(H2,27,29)/t17-,23+,24-/m0/s1. The van der Waals surface area contributed by atoms with Crippen LogP contribution in [0.2, 0.25) is 0 Å². The van der Waals surface area contributed by atoms with Crippen molar-refractivity contribution in [1.82, 2.24) is 4.31 Å². The van der Waals surface area contributed by atoms with E-state index in [0.717, 1.165) is 24.8 Å². The number of benzene rings is 2. The second-order valence-electron chi connectivity index (χ2n) is 9.28. The first-order valence-corrected chi connectivity index (χ1v) is 12.9. The van der Waals surface area contributed by atoms with E-state index in [0.29, 0.717) is 30.1 Å². The van der Waals surface area contributed by atoms with Crippen LogP contribution in [0, 0.1) is 18.7 Å². The van der Waals surface area contributed by atoms with Crippen LogP contribution in [-0.4, -0.2) is 31.3 Å². The fourth-order valence-corrected chi connectivity index (χ4v) is 6.67. The van der Waals surface area contributed by atoms with E-state index in [-0.39, 0.29) is 18.2 Å². The molecule has 0 spiro atoms. The summed E-state index contributed by atoms with van der Waals surface area (Å²) < 4.78 is 49.2. The molecule has 2 aromatic rings. The Labute approximate surface area is 195 Å². The number of ether oxygens (including phenoxy) is 1. The fraction of sp³-hybridized carbons (Fsp3) is 0.480. The first-order valence-electron chi connectivity index (χ1n) is 11.4. The normalized spacial score (nSPS) is 23.8. The van der Waals surface area contributed by atoms with E-state index < -0.39 is 33.1 Å². The van der Waals surface area contributed by atoms with Crippen LogP contribution in [0.1, 0.15) is 66.2 Å².